The van der Waals surface area contributed by atoms with Gasteiger partial charge in [-0.2, -0.15) is 5.26 Å². The summed E-state index contributed by atoms with van der Waals surface area (Å²) in [5.41, 5.74) is 1.09. The summed E-state index contributed by atoms with van der Waals surface area (Å²) in [6, 6.07) is 6.02. The second kappa shape index (κ2) is 8.11. The van der Waals surface area contributed by atoms with Crippen LogP contribution in [0.2, 0.25) is 0 Å². The lowest BCUT2D eigenvalue weighted by molar-refractivity contribution is 0.0525. The Morgan fingerprint density at radius 1 is 1.38 bits per heavy atom. The van der Waals surface area contributed by atoms with Gasteiger partial charge in [-0.05, 0) is 50.6 Å². The smallest absolute Gasteiger partial charge is 0.340 e. The summed E-state index contributed by atoms with van der Waals surface area (Å²) in [5, 5.41) is 9.36. The van der Waals surface area contributed by atoms with Crippen LogP contribution in [-0.4, -0.2) is 23.3 Å². The van der Waals surface area contributed by atoms with Gasteiger partial charge < -0.3 is 9.72 Å². The number of rotatable bonds is 5. The van der Waals surface area contributed by atoms with Crippen LogP contribution in [0.3, 0.4) is 0 Å². The van der Waals surface area contributed by atoms with E-state index in [1.54, 1.807) is 26.8 Å². The van der Waals surface area contributed by atoms with Crippen LogP contribution in [0.15, 0.2) is 28.2 Å². The maximum absolute atomic E-state index is 13.9. The first kappa shape index (κ1) is 19.6. The fourth-order valence-corrected chi connectivity index (χ4v) is 2.93. The van der Waals surface area contributed by atoms with Crippen molar-refractivity contribution in [3.05, 3.63) is 62.1 Å². The highest BCUT2D eigenvalue weighted by molar-refractivity contribution is 9.10. The number of carbonyl (C=O) groups excluding carboxylic acids is 2. The molecule has 7 heteroatoms. The summed E-state index contributed by atoms with van der Waals surface area (Å²) in [7, 11) is 0. The monoisotopic (exact) mass is 418 g/mol. The predicted molar refractivity (Wildman–Crippen MR) is 98.2 cm³/mol. The molecular weight excluding hydrogens is 403 g/mol. The highest BCUT2D eigenvalue weighted by Gasteiger charge is 2.24. The fourth-order valence-electron chi connectivity index (χ4n) is 2.55. The lowest BCUT2D eigenvalue weighted by Crippen LogP contribution is -2.08. The highest BCUT2D eigenvalue weighted by atomic mass is 79.9. The number of aromatic nitrogens is 1. The number of benzene rings is 1. The number of carbonyl (C=O) groups is 2. The number of halogens is 2. The quantitative estimate of drug-likeness (QED) is 0.335. The van der Waals surface area contributed by atoms with Crippen molar-refractivity contribution in [3.63, 3.8) is 0 Å². The number of ether oxygens (including phenoxy) is 1. The van der Waals surface area contributed by atoms with Crippen molar-refractivity contribution in [2.45, 2.75) is 20.8 Å². The number of esters is 1. The van der Waals surface area contributed by atoms with Crippen LogP contribution in [0.25, 0.3) is 6.08 Å². The molecule has 5 nitrogen and oxygen atoms in total. The summed E-state index contributed by atoms with van der Waals surface area (Å²) < 4.78 is 19.5. The Hall–Kier alpha value is -2.72. The molecule has 1 N–H and O–H groups in total. The molecule has 26 heavy (non-hydrogen) atoms. The molecule has 0 aliphatic carbocycles. The summed E-state index contributed by atoms with van der Waals surface area (Å²) in [6.45, 7) is 5.12. The molecule has 2 aromatic rings. The molecule has 1 aromatic heterocycles. The van der Waals surface area contributed by atoms with E-state index in [1.807, 2.05) is 0 Å². The van der Waals surface area contributed by atoms with E-state index >= 15 is 0 Å². The number of nitrogens with one attached hydrogen (secondary N) is 1. The number of aromatic amines is 1. The Kier molecular flexibility index (Phi) is 6.11. The second-order valence-corrected chi connectivity index (χ2v) is 6.43. The van der Waals surface area contributed by atoms with Crippen molar-refractivity contribution in [3.8, 4) is 6.07 Å². The second-order valence-electron chi connectivity index (χ2n) is 5.51. The Labute approximate surface area is 158 Å². The Bertz CT molecular complexity index is 954. The minimum atomic E-state index is -0.622. The Balaban J connectivity index is 2.49. The minimum absolute atomic E-state index is 0.105. The van der Waals surface area contributed by atoms with Crippen molar-refractivity contribution in [1.29, 1.82) is 5.26 Å². The number of ketones is 1. The molecule has 0 aliphatic rings. The summed E-state index contributed by atoms with van der Waals surface area (Å²) in [5.74, 6) is -1.72. The fraction of sp³-hybridized carbons (Fsp3) is 0.211. The van der Waals surface area contributed by atoms with Gasteiger partial charge in [0.05, 0.1) is 17.9 Å². The van der Waals surface area contributed by atoms with Crippen molar-refractivity contribution < 1.29 is 18.7 Å². The first-order valence-electron chi connectivity index (χ1n) is 7.78. The van der Waals surface area contributed by atoms with E-state index in [4.69, 9.17) is 4.74 Å². The van der Waals surface area contributed by atoms with E-state index in [2.05, 4.69) is 20.9 Å². The molecule has 0 aliphatic heterocycles. The molecule has 0 radical (unpaired) electrons. The molecule has 0 unspecified atom stereocenters. The lowest BCUT2D eigenvalue weighted by atomic mass is 10.0. The number of aryl methyl sites for hydroxylation is 1. The Morgan fingerprint density at radius 3 is 2.69 bits per heavy atom. The first-order valence-corrected chi connectivity index (χ1v) is 8.57. The topological polar surface area (TPSA) is 83.0 Å². The zero-order chi connectivity index (χ0) is 19.4. The van der Waals surface area contributed by atoms with Crippen LogP contribution in [-0.2, 0) is 4.74 Å². The summed E-state index contributed by atoms with van der Waals surface area (Å²) in [4.78, 5) is 27.6. The van der Waals surface area contributed by atoms with Crippen LogP contribution in [0.5, 0.6) is 0 Å². The molecule has 0 bridgehead atoms. The molecule has 2 rings (SSSR count). The SMILES string of the molecule is CCOC(=O)c1c(C)[nH]c(C(=O)/C(C#N)=C/c2cc(Br)ccc2F)c1C. The Morgan fingerprint density at radius 2 is 2.08 bits per heavy atom. The first-order chi connectivity index (χ1) is 12.3. The van der Waals surface area contributed by atoms with E-state index in [1.165, 1.54) is 24.3 Å². The van der Waals surface area contributed by atoms with E-state index < -0.39 is 17.6 Å². The largest absolute Gasteiger partial charge is 0.462 e. The lowest BCUT2D eigenvalue weighted by Gasteiger charge is -2.03. The van der Waals surface area contributed by atoms with Crippen LogP contribution in [0.4, 0.5) is 4.39 Å². The average Bonchev–Trinajstić information content (AvgIpc) is 2.89. The summed E-state index contributed by atoms with van der Waals surface area (Å²) >= 11 is 3.22. The predicted octanol–water partition coefficient (Wildman–Crippen LogP) is 4.50. The van der Waals surface area contributed by atoms with Crippen molar-refractivity contribution in [2.75, 3.05) is 6.61 Å². The maximum atomic E-state index is 13.9. The van der Waals surface area contributed by atoms with Crippen molar-refractivity contribution >= 4 is 33.8 Å². The van der Waals surface area contributed by atoms with Gasteiger partial charge in [0.15, 0.2) is 0 Å². The maximum Gasteiger partial charge on any atom is 0.340 e. The number of hydrogen-bond acceptors (Lipinski definition) is 4. The van der Waals surface area contributed by atoms with E-state index in [0.717, 1.165) is 0 Å². The molecule has 0 saturated carbocycles. The van der Waals surface area contributed by atoms with Gasteiger partial charge in [0.25, 0.3) is 0 Å². The summed E-state index contributed by atoms with van der Waals surface area (Å²) in [6.07, 6.45) is 1.18. The number of nitrogens with zero attached hydrogens (tertiary/aromatic N) is 1. The standard InChI is InChI=1S/C19H16BrFN2O3/c1-4-26-19(25)16-10(2)17(23-11(16)3)18(24)13(9-22)7-12-8-14(20)5-6-15(12)21/h5-8,23H,4H2,1-3H3/b13-7+. The zero-order valence-corrected chi connectivity index (χ0v) is 16.0. The third-order valence-corrected chi connectivity index (χ3v) is 4.26. The van der Waals surface area contributed by atoms with Crippen LogP contribution in [0, 0.1) is 31.0 Å². The van der Waals surface area contributed by atoms with Crippen molar-refractivity contribution in [1.82, 2.24) is 4.98 Å². The molecule has 1 heterocycles. The van der Waals surface area contributed by atoms with Gasteiger partial charge in [-0.15, -0.1) is 0 Å². The zero-order valence-electron chi connectivity index (χ0n) is 14.4. The molecule has 0 saturated heterocycles. The third kappa shape index (κ3) is 3.92. The molecule has 0 fully saturated rings. The third-order valence-electron chi connectivity index (χ3n) is 3.77. The van der Waals surface area contributed by atoms with Gasteiger partial charge in [-0.3, -0.25) is 4.79 Å². The molecule has 0 atom stereocenters. The number of nitriles is 1. The van der Waals surface area contributed by atoms with Gasteiger partial charge >= 0.3 is 5.97 Å². The molecular formula is C19H16BrFN2O3. The van der Waals surface area contributed by atoms with Crippen LogP contribution >= 0.6 is 15.9 Å². The molecule has 134 valence electrons. The number of H-pyrrole nitrogens is 1. The van der Waals surface area contributed by atoms with Gasteiger partial charge in [-0.25, -0.2) is 9.18 Å². The van der Waals surface area contributed by atoms with Crippen molar-refractivity contribution in [2.24, 2.45) is 0 Å². The number of Topliss-reactive ketones (excluding diaryl/α,β-unsaturated/α-hetero) is 1. The minimum Gasteiger partial charge on any atom is -0.462 e. The van der Waals surface area contributed by atoms with Crippen LogP contribution in [0.1, 0.15) is 44.6 Å². The van der Waals surface area contributed by atoms with Gasteiger partial charge in [-0.1, -0.05) is 15.9 Å². The van der Waals surface area contributed by atoms with E-state index in [9.17, 15) is 19.2 Å². The van der Waals surface area contributed by atoms with E-state index in [-0.39, 0.29) is 29.0 Å². The molecule has 0 spiro atoms. The van der Waals surface area contributed by atoms with Gasteiger partial charge in [0.2, 0.25) is 5.78 Å². The van der Waals surface area contributed by atoms with Gasteiger partial charge in [0.1, 0.15) is 17.5 Å². The normalized spacial score (nSPS) is 11.2. The molecule has 1 aromatic carbocycles. The highest BCUT2D eigenvalue weighted by Crippen LogP contribution is 2.23. The van der Waals surface area contributed by atoms with E-state index in [0.29, 0.717) is 15.7 Å². The molecule has 0 amide bonds. The number of allylic oxidation sites excluding steroid dienone is 1. The average molecular weight is 419 g/mol. The number of hydrogen-bond donors (Lipinski definition) is 1. The van der Waals surface area contributed by atoms with Gasteiger partial charge in [0, 0.05) is 15.7 Å². The van der Waals surface area contributed by atoms with Crippen LogP contribution < -0.4 is 0 Å².